The summed E-state index contributed by atoms with van der Waals surface area (Å²) >= 11 is 0. The van der Waals surface area contributed by atoms with Crippen LogP contribution >= 0.6 is 0 Å². The fourth-order valence-electron chi connectivity index (χ4n) is 1.49. The van der Waals surface area contributed by atoms with Gasteiger partial charge in [-0.2, -0.15) is 0 Å². The van der Waals surface area contributed by atoms with Crippen LogP contribution in [0.25, 0.3) is 10.9 Å². The highest BCUT2D eigenvalue weighted by atomic mass is 19.1. The predicted octanol–water partition coefficient (Wildman–Crippen LogP) is 2.94. The second-order valence-corrected chi connectivity index (χ2v) is 4.02. The molecule has 0 radical (unpaired) electrons. The quantitative estimate of drug-likeness (QED) is 0.748. The molecule has 17 heavy (non-hydrogen) atoms. The van der Waals surface area contributed by atoms with Gasteiger partial charge in [0.1, 0.15) is 5.82 Å². The number of aromatic nitrogens is 1. The van der Waals surface area contributed by atoms with Crippen molar-refractivity contribution < 1.29 is 13.9 Å². The van der Waals surface area contributed by atoms with Crippen LogP contribution in [0.4, 0.5) is 4.39 Å². The molecule has 0 bridgehead atoms. The van der Waals surface area contributed by atoms with E-state index >= 15 is 0 Å². The lowest BCUT2D eigenvalue weighted by atomic mass is 10.1. The van der Waals surface area contributed by atoms with Crippen LogP contribution in [0.5, 0.6) is 0 Å². The van der Waals surface area contributed by atoms with Gasteiger partial charge in [0, 0.05) is 17.6 Å². The topological polar surface area (TPSA) is 39.2 Å². The molecule has 0 saturated heterocycles. The van der Waals surface area contributed by atoms with E-state index in [1.165, 1.54) is 18.3 Å². The van der Waals surface area contributed by atoms with Gasteiger partial charge >= 0.3 is 5.97 Å². The van der Waals surface area contributed by atoms with Crippen molar-refractivity contribution in [1.82, 2.24) is 4.98 Å². The van der Waals surface area contributed by atoms with Gasteiger partial charge in [0.25, 0.3) is 0 Å². The summed E-state index contributed by atoms with van der Waals surface area (Å²) in [6.45, 7) is 3.56. The number of rotatable bonds is 2. The van der Waals surface area contributed by atoms with Gasteiger partial charge in [-0.05, 0) is 32.0 Å². The SMILES string of the molecule is CC(C)OC(=O)c1cnc2cc(F)ccc2c1. The first kappa shape index (κ1) is 11.5. The molecule has 0 unspecified atom stereocenters. The molecule has 4 heteroatoms. The number of esters is 1. The molecule has 0 fully saturated rings. The van der Waals surface area contributed by atoms with Crippen molar-refractivity contribution in [1.29, 1.82) is 0 Å². The maximum absolute atomic E-state index is 12.9. The van der Waals surface area contributed by atoms with Gasteiger partial charge in [-0.25, -0.2) is 9.18 Å². The van der Waals surface area contributed by atoms with Gasteiger partial charge in [-0.1, -0.05) is 0 Å². The summed E-state index contributed by atoms with van der Waals surface area (Å²) < 4.78 is 18.0. The summed E-state index contributed by atoms with van der Waals surface area (Å²) in [7, 11) is 0. The Labute approximate surface area is 98.2 Å². The third-order valence-corrected chi connectivity index (χ3v) is 2.22. The van der Waals surface area contributed by atoms with E-state index in [9.17, 15) is 9.18 Å². The zero-order valence-electron chi connectivity index (χ0n) is 9.61. The lowest BCUT2D eigenvalue weighted by Gasteiger charge is -2.07. The summed E-state index contributed by atoms with van der Waals surface area (Å²) in [6, 6.07) is 5.89. The smallest absolute Gasteiger partial charge is 0.339 e. The van der Waals surface area contributed by atoms with Crippen LogP contribution in [0, 0.1) is 5.82 Å². The van der Waals surface area contributed by atoms with E-state index in [0.717, 1.165) is 0 Å². The molecular weight excluding hydrogens is 221 g/mol. The van der Waals surface area contributed by atoms with Crippen LogP contribution in [-0.4, -0.2) is 17.1 Å². The van der Waals surface area contributed by atoms with Gasteiger partial charge in [0.05, 0.1) is 17.2 Å². The molecule has 1 aromatic heterocycles. The molecule has 0 N–H and O–H groups in total. The van der Waals surface area contributed by atoms with Gasteiger partial charge in [-0.3, -0.25) is 4.98 Å². The molecule has 0 aliphatic rings. The number of ether oxygens (including phenoxy) is 1. The number of carbonyl (C=O) groups excluding carboxylic acids is 1. The Morgan fingerprint density at radius 1 is 1.35 bits per heavy atom. The molecule has 2 aromatic rings. The lowest BCUT2D eigenvalue weighted by molar-refractivity contribution is 0.0377. The average molecular weight is 233 g/mol. The molecule has 0 amide bonds. The molecule has 0 spiro atoms. The summed E-state index contributed by atoms with van der Waals surface area (Å²) in [5, 5.41) is 0.713. The van der Waals surface area contributed by atoms with Crippen LogP contribution in [0.1, 0.15) is 24.2 Å². The van der Waals surface area contributed by atoms with E-state index in [4.69, 9.17) is 4.74 Å². The van der Waals surface area contributed by atoms with E-state index in [0.29, 0.717) is 16.5 Å². The van der Waals surface area contributed by atoms with Crippen LogP contribution < -0.4 is 0 Å². The highest BCUT2D eigenvalue weighted by molar-refractivity contribution is 5.93. The number of hydrogen-bond acceptors (Lipinski definition) is 3. The summed E-state index contributed by atoms with van der Waals surface area (Å²) in [5.41, 5.74) is 0.893. The molecule has 0 saturated carbocycles. The number of carbonyl (C=O) groups is 1. The zero-order chi connectivity index (χ0) is 12.4. The number of halogens is 1. The minimum Gasteiger partial charge on any atom is -0.459 e. The maximum atomic E-state index is 12.9. The van der Waals surface area contributed by atoms with Gasteiger partial charge in [0.15, 0.2) is 0 Å². The standard InChI is InChI=1S/C13H12FNO2/c1-8(2)17-13(16)10-5-9-3-4-11(14)6-12(9)15-7-10/h3-8H,1-2H3. The summed E-state index contributed by atoms with van der Waals surface area (Å²) in [6.07, 6.45) is 1.22. The fourth-order valence-corrected chi connectivity index (χ4v) is 1.49. The minimum absolute atomic E-state index is 0.175. The van der Waals surface area contributed by atoms with Crippen molar-refractivity contribution in [3.05, 3.63) is 41.8 Å². The Morgan fingerprint density at radius 2 is 2.12 bits per heavy atom. The molecule has 0 aliphatic heterocycles. The van der Waals surface area contributed by atoms with Gasteiger partial charge < -0.3 is 4.74 Å². The van der Waals surface area contributed by atoms with E-state index in [-0.39, 0.29) is 11.9 Å². The Balaban J connectivity index is 2.38. The molecule has 0 atom stereocenters. The Kier molecular flexibility index (Phi) is 3.04. The van der Waals surface area contributed by atoms with Crippen LogP contribution in [0.3, 0.4) is 0 Å². The predicted molar refractivity (Wildman–Crippen MR) is 62.3 cm³/mol. The van der Waals surface area contributed by atoms with Crippen molar-refractivity contribution in [2.45, 2.75) is 20.0 Å². The monoisotopic (exact) mass is 233 g/mol. The first-order chi connectivity index (χ1) is 8.06. The molecular formula is C13H12FNO2. The lowest BCUT2D eigenvalue weighted by Crippen LogP contribution is -2.11. The maximum Gasteiger partial charge on any atom is 0.339 e. The Morgan fingerprint density at radius 3 is 2.82 bits per heavy atom. The normalized spacial score (nSPS) is 10.8. The van der Waals surface area contributed by atoms with E-state index in [1.54, 1.807) is 26.0 Å². The fraction of sp³-hybridized carbons (Fsp3) is 0.231. The molecule has 1 aromatic carbocycles. The third-order valence-electron chi connectivity index (χ3n) is 2.22. The van der Waals surface area contributed by atoms with Gasteiger partial charge in [0.2, 0.25) is 0 Å². The van der Waals surface area contributed by atoms with E-state index in [2.05, 4.69) is 4.98 Å². The number of benzene rings is 1. The molecule has 0 aliphatic carbocycles. The highest BCUT2D eigenvalue weighted by Crippen LogP contribution is 2.15. The molecule has 1 heterocycles. The second-order valence-electron chi connectivity index (χ2n) is 4.02. The van der Waals surface area contributed by atoms with Crippen molar-refractivity contribution in [3.63, 3.8) is 0 Å². The van der Waals surface area contributed by atoms with Crippen molar-refractivity contribution in [2.24, 2.45) is 0 Å². The zero-order valence-corrected chi connectivity index (χ0v) is 9.61. The third kappa shape index (κ3) is 2.58. The Hall–Kier alpha value is -1.97. The van der Waals surface area contributed by atoms with Crippen LogP contribution in [0.2, 0.25) is 0 Å². The van der Waals surface area contributed by atoms with Gasteiger partial charge in [-0.15, -0.1) is 0 Å². The van der Waals surface area contributed by atoms with Crippen LogP contribution in [0.15, 0.2) is 30.5 Å². The second kappa shape index (κ2) is 4.49. The summed E-state index contributed by atoms with van der Waals surface area (Å²) in [5.74, 6) is -0.763. The Bertz CT molecular complexity index is 566. The van der Waals surface area contributed by atoms with Crippen LogP contribution in [-0.2, 0) is 4.74 Å². The van der Waals surface area contributed by atoms with E-state index in [1.807, 2.05) is 0 Å². The van der Waals surface area contributed by atoms with Crippen molar-refractivity contribution in [2.75, 3.05) is 0 Å². The van der Waals surface area contributed by atoms with Crippen molar-refractivity contribution >= 4 is 16.9 Å². The number of pyridine rings is 1. The molecule has 2 rings (SSSR count). The summed E-state index contributed by atoms with van der Waals surface area (Å²) in [4.78, 5) is 15.7. The van der Waals surface area contributed by atoms with Crippen molar-refractivity contribution in [3.8, 4) is 0 Å². The largest absolute Gasteiger partial charge is 0.459 e. The first-order valence-electron chi connectivity index (χ1n) is 5.32. The molecule has 3 nitrogen and oxygen atoms in total. The average Bonchev–Trinajstić information content (AvgIpc) is 2.27. The minimum atomic E-state index is -0.418. The number of hydrogen-bond donors (Lipinski definition) is 0. The highest BCUT2D eigenvalue weighted by Gasteiger charge is 2.10. The first-order valence-corrected chi connectivity index (χ1v) is 5.32. The number of fused-ring (bicyclic) bond motifs is 1. The molecule has 88 valence electrons. The number of nitrogens with zero attached hydrogens (tertiary/aromatic N) is 1. The van der Waals surface area contributed by atoms with E-state index < -0.39 is 5.97 Å².